The number of carbonyl (C=O) groups excluding carboxylic acids is 1. The van der Waals surface area contributed by atoms with Gasteiger partial charge in [-0.05, 0) is 19.3 Å². The smallest absolute Gasteiger partial charge is 0.222 e. The molecule has 0 aromatic carbocycles. The lowest BCUT2D eigenvalue weighted by atomic mass is 10.3. The van der Waals surface area contributed by atoms with Gasteiger partial charge in [-0.15, -0.1) is 0 Å². The third kappa shape index (κ3) is 3.43. The number of rotatable bonds is 7. The van der Waals surface area contributed by atoms with Gasteiger partial charge < -0.3 is 10.2 Å². The van der Waals surface area contributed by atoms with Crippen molar-refractivity contribution in [2.24, 2.45) is 7.05 Å². The van der Waals surface area contributed by atoms with Gasteiger partial charge in [-0.25, -0.2) is 9.97 Å². The van der Waals surface area contributed by atoms with Gasteiger partial charge in [-0.2, -0.15) is 5.10 Å². The number of likely N-dealkylation sites (tertiary alicyclic amines) is 1. The number of carbonyl (C=O) groups is 1. The van der Waals surface area contributed by atoms with E-state index in [-0.39, 0.29) is 5.91 Å². The number of anilines is 1. The van der Waals surface area contributed by atoms with Gasteiger partial charge in [0.15, 0.2) is 5.65 Å². The Morgan fingerprint density at radius 1 is 1.35 bits per heavy atom. The lowest BCUT2D eigenvalue weighted by molar-refractivity contribution is -0.127. The number of aromatic nitrogens is 4. The standard InChI is InChI=1S/C16H24N6O/c1-3-6-13-19-15(12-11-18-21(2)16(12)20-13)17-8-5-10-22-9-4-7-14(22)23/h11H,3-10H2,1-2H3,(H,17,19,20). The molecule has 1 aliphatic heterocycles. The second-order valence-electron chi connectivity index (χ2n) is 6.01. The zero-order valence-electron chi connectivity index (χ0n) is 13.9. The van der Waals surface area contributed by atoms with E-state index in [4.69, 9.17) is 0 Å². The quantitative estimate of drug-likeness (QED) is 0.788. The van der Waals surface area contributed by atoms with Crippen molar-refractivity contribution >= 4 is 22.8 Å². The van der Waals surface area contributed by atoms with E-state index in [1.165, 1.54) is 0 Å². The van der Waals surface area contributed by atoms with Gasteiger partial charge in [0.25, 0.3) is 0 Å². The van der Waals surface area contributed by atoms with Crippen molar-refractivity contribution in [1.82, 2.24) is 24.6 Å². The van der Waals surface area contributed by atoms with Crippen LogP contribution in [0.5, 0.6) is 0 Å². The van der Waals surface area contributed by atoms with E-state index in [1.807, 2.05) is 11.9 Å². The molecule has 124 valence electrons. The predicted molar refractivity (Wildman–Crippen MR) is 89.2 cm³/mol. The predicted octanol–water partition coefficient (Wildman–Crippen LogP) is 1.74. The van der Waals surface area contributed by atoms with Crippen molar-refractivity contribution in [3.05, 3.63) is 12.0 Å². The minimum atomic E-state index is 0.284. The number of nitrogens with zero attached hydrogens (tertiary/aromatic N) is 5. The van der Waals surface area contributed by atoms with E-state index in [1.54, 1.807) is 10.9 Å². The Labute approximate surface area is 136 Å². The molecule has 0 radical (unpaired) electrons. The van der Waals surface area contributed by atoms with E-state index in [0.717, 1.165) is 68.0 Å². The van der Waals surface area contributed by atoms with Crippen LogP contribution in [0.1, 0.15) is 38.4 Å². The largest absolute Gasteiger partial charge is 0.369 e. The Morgan fingerprint density at radius 3 is 2.96 bits per heavy atom. The Kier molecular flexibility index (Phi) is 4.73. The summed E-state index contributed by atoms with van der Waals surface area (Å²) in [6.45, 7) is 4.63. The van der Waals surface area contributed by atoms with Crippen LogP contribution in [-0.2, 0) is 18.3 Å². The summed E-state index contributed by atoms with van der Waals surface area (Å²) in [7, 11) is 1.90. The highest BCUT2D eigenvalue weighted by molar-refractivity contribution is 5.86. The second kappa shape index (κ2) is 6.93. The first kappa shape index (κ1) is 15.7. The fourth-order valence-electron chi connectivity index (χ4n) is 2.95. The number of aryl methyl sites for hydroxylation is 2. The Balaban J connectivity index is 1.65. The summed E-state index contributed by atoms with van der Waals surface area (Å²) in [6, 6.07) is 0. The van der Waals surface area contributed by atoms with Crippen LogP contribution in [0, 0.1) is 0 Å². The highest BCUT2D eigenvalue weighted by Gasteiger charge is 2.19. The summed E-state index contributed by atoms with van der Waals surface area (Å²) in [5.41, 5.74) is 0.862. The molecule has 1 aliphatic rings. The molecule has 0 unspecified atom stereocenters. The molecule has 2 aromatic rings. The topological polar surface area (TPSA) is 75.9 Å². The molecule has 0 spiro atoms. The van der Waals surface area contributed by atoms with E-state index in [2.05, 4.69) is 27.3 Å². The second-order valence-corrected chi connectivity index (χ2v) is 6.01. The molecule has 0 aliphatic carbocycles. The van der Waals surface area contributed by atoms with E-state index in [9.17, 15) is 4.79 Å². The van der Waals surface area contributed by atoms with Crippen LogP contribution in [0.3, 0.4) is 0 Å². The van der Waals surface area contributed by atoms with Gasteiger partial charge in [-0.3, -0.25) is 9.48 Å². The number of hydrogen-bond acceptors (Lipinski definition) is 5. The van der Waals surface area contributed by atoms with Crippen LogP contribution in [0.2, 0.25) is 0 Å². The molecule has 1 saturated heterocycles. The summed E-state index contributed by atoms with van der Waals surface area (Å²) < 4.78 is 1.78. The molecule has 0 saturated carbocycles. The Bertz CT molecular complexity index is 695. The average Bonchev–Trinajstić information content (AvgIpc) is 3.11. The molecule has 7 heteroatoms. The van der Waals surface area contributed by atoms with E-state index in [0.29, 0.717) is 6.42 Å². The SMILES string of the molecule is CCCc1nc(NCCCN2CCCC2=O)c2cnn(C)c2n1. The maximum Gasteiger partial charge on any atom is 0.222 e. The third-order valence-electron chi connectivity index (χ3n) is 4.18. The van der Waals surface area contributed by atoms with Gasteiger partial charge in [0.05, 0.1) is 11.6 Å². The number of hydrogen-bond donors (Lipinski definition) is 1. The lowest BCUT2D eigenvalue weighted by Crippen LogP contribution is -2.27. The van der Waals surface area contributed by atoms with Crippen molar-refractivity contribution in [1.29, 1.82) is 0 Å². The minimum Gasteiger partial charge on any atom is -0.369 e. The number of amides is 1. The average molecular weight is 316 g/mol. The van der Waals surface area contributed by atoms with Crippen molar-refractivity contribution < 1.29 is 4.79 Å². The van der Waals surface area contributed by atoms with Gasteiger partial charge in [-0.1, -0.05) is 6.92 Å². The van der Waals surface area contributed by atoms with Crippen LogP contribution >= 0.6 is 0 Å². The molecular weight excluding hydrogens is 292 g/mol. The van der Waals surface area contributed by atoms with Crippen molar-refractivity contribution in [2.45, 2.75) is 39.0 Å². The molecule has 1 amide bonds. The lowest BCUT2D eigenvalue weighted by Gasteiger charge is -2.15. The van der Waals surface area contributed by atoms with E-state index >= 15 is 0 Å². The van der Waals surface area contributed by atoms with Gasteiger partial charge in [0.2, 0.25) is 5.91 Å². The first-order valence-electron chi connectivity index (χ1n) is 8.39. The van der Waals surface area contributed by atoms with Crippen molar-refractivity contribution in [3.63, 3.8) is 0 Å². The maximum atomic E-state index is 11.6. The highest BCUT2D eigenvalue weighted by atomic mass is 16.2. The van der Waals surface area contributed by atoms with Crippen LogP contribution in [0.15, 0.2) is 6.20 Å². The molecule has 0 bridgehead atoms. The maximum absolute atomic E-state index is 11.6. The summed E-state index contributed by atoms with van der Waals surface area (Å²) in [6.07, 6.45) is 6.29. The molecule has 3 rings (SSSR count). The van der Waals surface area contributed by atoms with E-state index < -0.39 is 0 Å². The van der Waals surface area contributed by atoms with Gasteiger partial charge in [0.1, 0.15) is 11.6 Å². The highest BCUT2D eigenvalue weighted by Crippen LogP contribution is 2.20. The van der Waals surface area contributed by atoms with Gasteiger partial charge in [0, 0.05) is 39.5 Å². The van der Waals surface area contributed by atoms with Gasteiger partial charge >= 0.3 is 0 Å². The monoisotopic (exact) mass is 316 g/mol. The molecular formula is C16H24N6O. The van der Waals surface area contributed by atoms with Crippen molar-refractivity contribution in [3.8, 4) is 0 Å². The third-order valence-corrected chi connectivity index (χ3v) is 4.18. The molecule has 23 heavy (non-hydrogen) atoms. The van der Waals surface area contributed by atoms with Crippen LogP contribution in [0.25, 0.3) is 11.0 Å². The first-order valence-corrected chi connectivity index (χ1v) is 8.39. The first-order chi connectivity index (χ1) is 11.2. The molecule has 0 atom stereocenters. The molecule has 2 aromatic heterocycles. The Morgan fingerprint density at radius 2 is 2.22 bits per heavy atom. The fraction of sp³-hybridized carbons (Fsp3) is 0.625. The summed E-state index contributed by atoms with van der Waals surface area (Å²) >= 11 is 0. The summed E-state index contributed by atoms with van der Waals surface area (Å²) in [5, 5.41) is 8.62. The van der Waals surface area contributed by atoms with Crippen LogP contribution in [-0.4, -0.2) is 50.2 Å². The molecule has 1 fully saturated rings. The fourth-order valence-corrected chi connectivity index (χ4v) is 2.95. The zero-order valence-corrected chi connectivity index (χ0v) is 13.9. The number of nitrogens with one attached hydrogen (secondary N) is 1. The van der Waals surface area contributed by atoms with Crippen LogP contribution < -0.4 is 5.32 Å². The zero-order chi connectivity index (χ0) is 16.2. The normalized spacial score (nSPS) is 14.9. The summed E-state index contributed by atoms with van der Waals surface area (Å²) in [5.74, 6) is 1.98. The number of fused-ring (bicyclic) bond motifs is 1. The van der Waals surface area contributed by atoms with Crippen LogP contribution in [0.4, 0.5) is 5.82 Å². The minimum absolute atomic E-state index is 0.284. The Hall–Kier alpha value is -2.18. The van der Waals surface area contributed by atoms with Crippen molar-refractivity contribution in [2.75, 3.05) is 25.0 Å². The molecule has 3 heterocycles. The summed E-state index contributed by atoms with van der Waals surface area (Å²) in [4.78, 5) is 22.8. The molecule has 7 nitrogen and oxygen atoms in total. The molecule has 1 N–H and O–H groups in total.